The van der Waals surface area contributed by atoms with Gasteiger partial charge in [0.2, 0.25) is 0 Å². The van der Waals surface area contributed by atoms with Crippen LogP contribution >= 0.6 is 11.3 Å². The zero-order chi connectivity index (χ0) is 9.03. The number of nitrogens with zero attached hydrogens (tertiary/aromatic N) is 1. The molecule has 0 spiro atoms. The predicted molar refractivity (Wildman–Crippen MR) is 53.7 cm³/mol. The molecule has 0 aliphatic carbocycles. The van der Waals surface area contributed by atoms with Gasteiger partial charge in [-0.3, -0.25) is 0 Å². The Morgan fingerprint density at radius 1 is 1.58 bits per heavy atom. The minimum absolute atomic E-state index is 0.117. The highest BCUT2D eigenvalue weighted by atomic mass is 32.1. The summed E-state index contributed by atoms with van der Waals surface area (Å²) in [5, 5.41) is 9.43. The molecule has 0 bridgehead atoms. The first-order valence-electron chi connectivity index (χ1n) is 3.96. The number of hydrogen-bond acceptors (Lipinski definition) is 4. The Morgan fingerprint density at radius 2 is 2.33 bits per heavy atom. The number of nitrogens with one attached hydrogen (secondary N) is 2. The van der Waals surface area contributed by atoms with E-state index in [0.29, 0.717) is 0 Å². The average Bonchev–Trinajstić information content (AvgIpc) is 2.53. The van der Waals surface area contributed by atoms with Crippen molar-refractivity contribution >= 4 is 16.5 Å². The van der Waals surface area contributed by atoms with Gasteiger partial charge in [0.05, 0.1) is 0 Å². The Hall–Kier alpha value is -0.610. The van der Waals surface area contributed by atoms with Crippen LogP contribution in [0.5, 0.6) is 0 Å². The van der Waals surface area contributed by atoms with Crippen molar-refractivity contribution in [1.29, 1.82) is 0 Å². The highest BCUT2D eigenvalue weighted by Gasteiger charge is 2.13. The Morgan fingerprint density at radius 3 is 2.83 bits per heavy atom. The molecule has 12 heavy (non-hydrogen) atoms. The summed E-state index contributed by atoms with van der Waals surface area (Å²) >= 11 is 1.62. The molecule has 1 aromatic rings. The van der Waals surface area contributed by atoms with Crippen LogP contribution in [0.3, 0.4) is 0 Å². The highest BCUT2D eigenvalue weighted by Crippen LogP contribution is 2.11. The van der Waals surface area contributed by atoms with Crippen molar-refractivity contribution in [3.05, 3.63) is 11.6 Å². The van der Waals surface area contributed by atoms with Gasteiger partial charge < -0.3 is 10.6 Å². The van der Waals surface area contributed by atoms with Crippen LogP contribution in [0.2, 0.25) is 0 Å². The molecule has 3 nitrogen and oxygen atoms in total. The van der Waals surface area contributed by atoms with Crippen molar-refractivity contribution in [2.75, 3.05) is 18.9 Å². The van der Waals surface area contributed by atoms with Crippen LogP contribution in [0.15, 0.2) is 11.6 Å². The Kier molecular flexibility index (Phi) is 3.05. The molecule has 0 aromatic carbocycles. The van der Waals surface area contributed by atoms with Gasteiger partial charge in [0.1, 0.15) is 0 Å². The van der Waals surface area contributed by atoms with Crippen molar-refractivity contribution in [3.8, 4) is 0 Å². The number of hydrogen-bond donors (Lipinski definition) is 2. The number of thiazole rings is 1. The Bertz CT molecular complexity index is 218. The molecule has 1 rings (SSSR count). The van der Waals surface area contributed by atoms with Gasteiger partial charge in [-0.15, -0.1) is 11.3 Å². The fraction of sp³-hybridized carbons (Fsp3) is 0.625. The molecule has 68 valence electrons. The van der Waals surface area contributed by atoms with Gasteiger partial charge in [0.15, 0.2) is 5.13 Å². The van der Waals surface area contributed by atoms with Gasteiger partial charge in [0.25, 0.3) is 0 Å². The summed E-state index contributed by atoms with van der Waals surface area (Å²) in [6, 6.07) is 0. The molecule has 2 N–H and O–H groups in total. The molecule has 4 heteroatoms. The third-order valence-electron chi connectivity index (χ3n) is 1.79. The third kappa shape index (κ3) is 2.79. The summed E-state index contributed by atoms with van der Waals surface area (Å²) < 4.78 is 0. The maximum Gasteiger partial charge on any atom is 0.182 e. The van der Waals surface area contributed by atoms with Crippen LogP contribution in [0.4, 0.5) is 5.13 Å². The summed E-state index contributed by atoms with van der Waals surface area (Å²) in [4.78, 5) is 4.13. The minimum atomic E-state index is 0.117. The first kappa shape index (κ1) is 9.48. The van der Waals surface area contributed by atoms with E-state index in [9.17, 15) is 0 Å². The second kappa shape index (κ2) is 3.87. The number of anilines is 1. The van der Waals surface area contributed by atoms with Gasteiger partial charge in [0, 0.05) is 23.7 Å². The molecule has 0 aliphatic heterocycles. The average molecular weight is 185 g/mol. The fourth-order valence-corrected chi connectivity index (χ4v) is 1.22. The molecule has 0 radical (unpaired) electrons. The molecular weight excluding hydrogens is 170 g/mol. The molecule has 1 aromatic heterocycles. The highest BCUT2D eigenvalue weighted by molar-refractivity contribution is 7.13. The fourth-order valence-electron chi connectivity index (χ4n) is 0.696. The van der Waals surface area contributed by atoms with E-state index in [1.807, 2.05) is 12.4 Å². The monoisotopic (exact) mass is 185 g/mol. The molecule has 0 fully saturated rings. The van der Waals surface area contributed by atoms with Crippen LogP contribution in [0, 0.1) is 0 Å². The van der Waals surface area contributed by atoms with Gasteiger partial charge in [-0.25, -0.2) is 4.98 Å². The van der Waals surface area contributed by atoms with Gasteiger partial charge in [-0.05, 0) is 20.9 Å². The minimum Gasteiger partial charge on any atom is -0.360 e. The van der Waals surface area contributed by atoms with E-state index < -0.39 is 0 Å². The molecular formula is C8H15N3S. The quantitative estimate of drug-likeness (QED) is 0.747. The lowest BCUT2D eigenvalue weighted by molar-refractivity contribution is 0.448. The first-order chi connectivity index (χ1) is 5.64. The van der Waals surface area contributed by atoms with Crippen molar-refractivity contribution < 1.29 is 0 Å². The number of rotatable bonds is 4. The summed E-state index contributed by atoms with van der Waals surface area (Å²) in [6.07, 6.45) is 1.80. The van der Waals surface area contributed by atoms with Crippen LogP contribution in [-0.2, 0) is 0 Å². The van der Waals surface area contributed by atoms with Crippen LogP contribution in [-0.4, -0.2) is 24.1 Å². The standard InChI is InChI=1S/C8H15N3S/c1-8(2,9-3)6-11-7-10-4-5-12-7/h4-5,9H,6H2,1-3H3,(H,10,11). The second-order valence-electron chi connectivity index (χ2n) is 3.32. The zero-order valence-electron chi connectivity index (χ0n) is 7.72. The topological polar surface area (TPSA) is 37.0 Å². The van der Waals surface area contributed by atoms with Gasteiger partial charge >= 0.3 is 0 Å². The van der Waals surface area contributed by atoms with E-state index in [1.54, 1.807) is 17.5 Å². The maximum atomic E-state index is 4.13. The van der Waals surface area contributed by atoms with E-state index in [-0.39, 0.29) is 5.54 Å². The second-order valence-corrected chi connectivity index (χ2v) is 4.22. The molecule has 0 aliphatic rings. The lowest BCUT2D eigenvalue weighted by Crippen LogP contribution is -2.42. The lowest BCUT2D eigenvalue weighted by Gasteiger charge is -2.23. The van der Waals surface area contributed by atoms with Crippen LogP contribution in [0.1, 0.15) is 13.8 Å². The van der Waals surface area contributed by atoms with Crippen molar-refractivity contribution in [3.63, 3.8) is 0 Å². The number of likely N-dealkylation sites (N-methyl/N-ethyl adjacent to an activating group) is 1. The summed E-state index contributed by atoms with van der Waals surface area (Å²) in [7, 11) is 1.96. The van der Waals surface area contributed by atoms with E-state index in [2.05, 4.69) is 29.5 Å². The van der Waals surface area contributed by atoms with E-state index in [0.717, 1.165) is 11.7 Å². The van der Waals surface area contributed by atoms with Gasteiger partial charge in [-0.1, -0.05) is 0 Å². The number of aromatic nitrogens is 1. The SMILES string of the molecule is CNC(C)(C)CNc1nccs1. The Labute approximate surface area is 77.2 Å². The van der Waals surface area contributed by atoms with Crippen LogP contribution < -0.4 is 10.6 Å². The summed E-state index contributed by atoms with van der Waals surface area (Å²) in [6.45, 7) is 5.18. The lowest BCUT2D eigenvalue weighted by atomic mass is 10.1. The van der Waals surface area contributed by atoms with Crippen molar-refractivity contribution in [1.82, 2.24) is 10.3 Å². The van der Waals surface area contributed by atoms with Crippen LogP contribution in [0.25, 0.3) is 0 Å². The summed E-state index contributed by atoms with van der Waals surface area (Å²) in [5.74, 6) is 0. The largest absolute Gasteiger partial charge is 0.360 e. The van der Waals surface area contributed by atoms with E-state index in [1.165, 1.54) is 0 Å². The summed E-state index contributed by atoms with van der Waals surface area (Å²) in [5.41, 5.74) is 0.117. The maximum absolute atomic E-state index is 4.13. The smallest absolute Gasteiger partial charge is 0.182 e. The molecule has 0 unspecified atom stereocenters. The predicted octanol–water partition coefficient (Wildman–Crippen LogP) is 1.55. The normalized spacial score (nSPS) is 11.6. The van der Waals surface area contributed by atoms with E-state index >= 15 is 0 Å². The Balaban J connectivity index is 2.36. The first-order valence-corrected chi connectivity index (χ1v) is 4.84. The zero-order valence-corrected chi connectivity index (χ0v) is 8.53. The molecule has 0 atom stereocenters. The molecule has 0 saturated heterocycles. The third-order valence-corrected chi connectivity index (χ3v) is 2.52. The molecule has 1 heterocycles. The van der Waals surface area contributed by atoms with E-state index in [4.69, 9.17) is 0 Å². The van der Waals surface area contributed by atoms with Crippen molar-refractivity contribution in [2.45, 2.75) is 19.4 Å². The van der Waals surface area contributed by atoms with Crippen molar-refractivity contribution in [2.24, 2.45) is 0 Å². The molecule has 0 saturated carbocycles. The molecule has 0 amide bonds. The van der Waals surface area contributed by atoms with Gasteiger partial charge in [-0.2, -0.15) is 0 Å².